The first-order valence-corrected chi connectivity index (χ1v) is 5.68. The molecule has 0 spiro atoms. The number of nitrogens with zero attached hydrogens (tertiary/aromatic N) is 1. The fourth-order valence-corrected chi connectivity index (χ4v) is 1.85. The van der Waals surface area contributed by atoms with E-state index in [1.54, 1.807) is 0 Å². The highest BCUT2D eigenvalue weighted by molar-refractivity contribution is 5.92. The third-order valence-corrected chi connectivity index (χ3v) is 2.61. The van der Waals surface area contributed by atoms with Crippen LogP contribution in [0.25, 0.3) is 10.9 Å². The molecule has 2 rings (SSSR count). The standard InChI is InChI=1S/C13H14F2N2/c1-3-9-7-11(16-4-2)13-10(15)5-8(14)6-12(13)17-9/h5-7H,3-4H2,1-2H3,(H,16,17). The molecule has 0 radical (unpaired) electrons. The van der Waals surface area contributed by atoms with E-state index in [-0.39, 0.29) is 0 Å². The van der Waals surface area contributed by atoms with E-state index in [0.29, 0.717) is 23.1 Å². The van der Waals surface area contributed by atoms with Crippen molar-refractivity contribution in [3.05, 3.63) is 35.5 Å². The van der Waals surface area contributed by atoms with E-state index in [9.17, 15) is 8.78 Å². The van der Waals surface area contributed by atoms with E-state index < -0.39 is 11.6 Å². The largest absolute Gasteiger partial charge is 0.385 e. The van der Waals surface area contributed by atoms with Gasteiger partial charge in [-0.2, -0.15) is 0 Å². The molecule has 1 N–H and O–H groups in total. The first kappa shape index (κ1) is 11.8. The lowest BCUT2D eigenvalue weighted by atomic mass is 10.1. The molecule has 1 heterocycles. The number of hydrogen-bond acceptors (Lipinski definition) is 2. The number of hydrogen-bond donors (Lipinski definition) is 1. The fraction of sp³-hybridized carbons (Fsp3) is 0.308. The lowest BCUT2D eigenvalue weighted by Gasteiger charge is -2.10. The molecule has 0 fully saturated rings. The SMILES string of the molecule is CCNc1cc(CC)nc2cc(F)cc(F)c12. The second kappa shape index (κ2) is 4.65. The van der Waals surface area contributed by atoms with Crippen molar-refractivity contribution < 1.29 is 8.78 Å². The molecule has 0 bridgehead atoms. The van der Waals surface area contributed by atoms with E-state index in [1.807, 2.05) is 19.9 Å². The van der Waals surface area contributed by atoms with Crippen molar-refractivity contribution in [2.75, 3.05) is 11.9 Å². The highest BCUT2D eigenvalue weighted by Crippen LogP contribution is 2.27. The molecule has 2 aromatic rings. The van der Waals surface area contributed by atoms with Crippen molar-refractivity contribution in [2.45, 2.75) is 20.3 Å². The minimum Gasteiger partial charge on any atom is -0.385 e. The Labute approximate surface area is 98.7 Å². The first-order valence-electron chi connectivity index (χ1n) is 5.68. The van der Waals surface area contributed by atoms with Gasteiger partial charge in [-0.1, -0.05) is 6.92 Å². The highest BCUT2D eigenvalue weighted by atomic mass is 19.1. The molecule has 2 nitrogen and oxygen atoms in total. The zero-order valence-corrected chi connectivity index (χ0v) is 9.85. The van der Waals surface area contributed by atoms with Crippen LogP contribution in [-0.2, 0) is 6.42 Å². The monoisotopic (exact) mass is 236 g/mol. The van der Waals surface area contributed by atoms with Crippen LogP contribution in [0.15, 0.2) is 18.2 Å². The summed E-state index contributed by atoms with van der Waals surface area (Å²) in [5.41, 5.74) is 1.85. The summed E-state index contributed by atoms with van der Waals surface area (Å²) in [6, 6.07) is 3.96. The summed E-state index contributed by atoms with van der Waals surface area (Å²) in [7, 11) is 0. The van der Waals surface area contributed by atoms with Gasteiger partial charge >= 0.3 is 0 Å². The number of benzene rings is 1. The molecule has 0 saturated carbocycles. The van der Waals surface area contributed by atoms with E-state index in [1.165, 1.54) is 6.07 Å². The van der Waals surface area contributed by atoms with Crippen LogP contribution in [0.5, 0.6) is 0 Å². The lowest BCUT2D eigenvalue weighted by molar-refractivity contribution is 0.591. The molecular weight excluding hydrogens is 222 g/mol. The summed E-state index contributed by atoms with van der Waals surface area (Å²) in [5.74, 6) is -1.18. The molecule has 90 valence electrons. The normalized spacial score (nSPS) is 10.8. The van der Waals surface area contributed by atoms with Crippen molar-refractivity contribution in [2.24, 2.45) is 0 Å². The molecule has 17 heavy (non-hydrogen) atoms. The molecule has 0 aliphatic rings. The highest BCUT2D eigenvalue weighted by Gasteiger charge is 2.11. The number of pyridine rings is 1. The van der Waals surface area contributed by atoms with Crippen molar-refractivity contribution >= 4 is 16.6 Å². The van der Waals surface area contributed by atoms with Gasteiger partial charge in [-0.25, -0.2) is 8.78 Å². The Bertz CT molecular complexity index is 553. The molecule has 0 saturated heterocycles. The summed E-state index contributed by atoms with van der Waals surface area (Å²) in [5, 5.41) is 3.44. The lowest BCUT2D eigenvalue weighted by Crippen LogP contribution is -2.02. The van der Waals surface area contributed by atoms with Crippen molar-refractivity contribution in [3.63, 3.8) is 0 Å². The van der Waals surface area contributed by atoms with Crippen LogP contribution >= 0.6 is 0 Å². The molecule has 4 heteroatoms. The Morgan fingerprint density at radius 2 is 1.94 bits per heavy atom. The Hall–Kier alpha value is -1.71. The average molecular weight is 236 g/mol. The van der Waals surface area contributed by atoms with E-state index in [4.69, 9.17) is 0 Å². The van der Waals surface area contributed by atoms with E-state index in [2.05, 4.69) is 10.3 Å². The summed E-state index contributed by atoms with van der Waals surface area (Å²) in [6.45, 7) is 4.57. The molecule has 0 atom stereocenters. The average Bonchev–Trinajstić information content (AvgIpc) is 2.27. The van der Waals surface area contributed by atoms with Crippen molar-refractivity contribution in [1.82, 2.24) is 4.98 Å². The Kier molecular flexibility index (Phi) is 3.22. The van der Waals surface area contributed by atoms with Gasteiger partial charge in [0.25, 0.3) is 0 Å². The molecule has 0 aliphatic heterocycles. The minimum absolute atomic E-state index is 0.352. The van der Waals surface area contributed by atoms with Crippen molar-refractivity contribution in [3.8, 4) is 0 Å². The number of rotatable bonds is 3. The number of halogens is 2. The predicted octanol–water partition coefficient (Wildman–Crippen LogP) is 3.51. The zero-order chi connectivity index (χ0) is 12.4. The van der Waals surface area contributed by atoms with Gasteiger partial charge in [-0.3, -0.25) is 4.98 Å². The molecular formula is C13H14F2N2. The molecule has 0 amide bonds. The Balaban J connectivity index is 2.76. The number of nitrogens with one attached hydrogen (secondary N) is 1. The van der Waals surface area contributed by atoms with Crippen LogP contribution in [-0.4, -0.2) is 11.5 Å². The smallest absolute Gasteiger partial charge is 0.137 e. The summed E-state index contributed by atoms with van der Waals surface area (Å²) in [4.78, 5) is 4.24. The van der Waals surface area contributed by atoms with Crippen LogP contribution < -0.4 is 5.32 Å². The number of anilines is 1. The Morgan fingerprint density at radius 1 is 1.18 bits per heavy atom. The topological polar surface area (TPSA) is 24.9 Å². The maximum absolute atomic E-state index is 13.7. The van der Waals surface area contributed by atoms with E-state index >= 15 is 0 Å². The molecule has 1 aromatic heterocycles. The van der Waals surface area contributed by atoms with Crippen LogP contribution in [0.3, 0.4) is 0 Å². The second-order valence-corrected chi connectivity index (χ2v) is 3.83. The Morgan fingerprint density at radius 3 is 2.59 bits per heavy atom. The summed E-state index contributed by atoms with van der Waals surface area (Å²) in [6.07, 6.45) is 0.729. The second-order valence-electron chi connectivity index (χ2n) is 3.83. The van der Waals surface area contributed by atoms with Crippen LogP contribution in [0.2, 0.25) is 0 Å². The number of aromatic nitrogens is 1. The van der Waals surface area contributed by atoms with Gasteiger partial charge < -0.3 is 5.32 Å². The third kappa shape index (κ3) is 2.20. The summed E-state index contributed by atoms with van der Waals surface area (Å²) < 4.78 is 26.9. The van der Waals surface area contributed by atoms with Gasteiger partial charge in [-0.05, 0) is 19.4 Å². The fourth-order valence-electron chi connectivity index (χ4n) is 1.85. The number of fused-ring (bicyclic) bond motifs is 1. The van der Waals surface area contributed by atoms with Gasteiger partial charge in [0, 0.05) is 30.1 Å². The van der Waals surface area contributed by atoms with Crippen LogP contribution in [0.1, 0.15) is 19.5 Å². The van der Waals surface area contributed by atoms with Gasteiger partial charge in [0.15, 0.2) is 0 Å². The van der Waals surface area contributed by atoms with Gasteiger partial charge in [0.1, 0.15) is 11.6 Å². The quantitative estimate of drug-likeness (QED) is 0.882. The van der Waals surface area contributed by atoms with Crippen LogP contribution in [0, 0.1) is 11.6 Å². The predicted molar refractivity (Wildman–Crippen MR) is 65.2 cm³/mol. The van der Waals surface area contributed by atoms with Crippen LogP contribution in [0.4, 0.5) is 14.5 Å². The van der Waals surface area contributed by atoms with Gasteiger partial charge in [0.2, 0.25) is 0 Å². The van der Waals surface area contributed by atoms with Gasteiger partial charge in [0.05, 0.1) is 10.9 Å². The van der Waals surface area contributed by atoms with Gasteiger partial charge in [-0.15, -0.1) is 0 Å². The number of aryl methyl sites for hydroxylation is 1. The first-order chi connectivity index (χ1) is 8.15. The van der Waals surface area contributed by atoms with E-state index in [0.717, 1.165) is 18.2 Å². The molecule has 0 unspecified atom stereocenters. The van der Waals surface area contributed by atoms with Crippen molar-refractivity contribution in [1.29, 1.82) is 0 Å². The minimum atomic E-state index is -0.599. The third-order valence-electron chi connectivity index (χ3n) is 2.61. The maximum atomic E-state index is 13.7. The molecule has 1 aromatic carbocycles. The zero-order valence-electron chi connectivity index (χ0n) is 9.85. The summed E-state index contributed by atoms with van der Waals surface area (Å²) >= 11 is 0. The maximum Gasteiger partial charge on any atom is 0.137 e. The molecule has 0 aliphatic carbocycles.